The molecule has 0 bridgehead atoms. The zero-order chi connectivity index (χ0) is 15.1. The number of carbonyl (C=O) groups excluding carboxylic acids is 2. The van der Waals surface area contributed by atoms with Crippen molar-refractivity contribution in [2.24, 2.45) is 5.73 Å². The number of methoxy groups -OCH3 is 1. The minimum absolute atomic E-state index is 0.0733. The number of esters is 2. The van der Waals surface area contributed by atoms with E-state index in [9.17, 15) is 9.59 Å². The lowest BCUT2D eigenvalue weighted by Gasteiger charge is -2.14. The van der Waals surface area contributed by atoms with Gasteiger partial charge in [0.05, 0.1) is 20.1 Å². The first-order chi connectivity index (χ1) is 9.47. The van der Waals surface area contributed by atoms with Gasteiger partial charge in [-0.15, -0.1) is 0 Å². The van der Waals surface area contributed by atoms with Gasteiger partial charge in [-0.2, -0.15) is 0 Å². The van der Waals surface area contributed by atoms with Crippen molar-refractivity contribution < 1.29 is 23.8 Å². The molecule has 110 valence electrons. The maximum atomic E-state index is 11.4. The molecule has 0 fully saturated rings. The first kappa shape index (κ1) is 16.0. The molecule has 20 heavy (non-hydrogen) atoms. The van der Waals surface area contributed by atoms with Crippen molar-refractivity contribution >= 4 is 11.9 Å². The summed E-state index contributed by atoms with van der Waals surface area (Å²) in [4.78, 5) is 22.3. The molecule has 6 heteroatoms. The summed E-state index contributed by atoms with van der Waals surface area (Å²) in [6.45, 7) is 3.36. The highest BCUT2D eigenvalue weighted by Crippen LogP contribution is 2.30. The van der Waals surface area contributed by atoms with Crippen LogP contribution in [0.4, 0.5) is 0 Å². The Balaban J connectivity index is 2.86. The first-order valence-corrected chi connectivity index (χ1v) is 6.25. The second-order valence-electron chi connectivity index (χ2n) is 4.12. The number of carbonyl (C=O) groups is 2. The van der Waals surface area contributed by atoms with Crippen LogP contribution in [-0.2, 0) is 14.3 Å². The molecule has 0 amide bonds. The van der Waals surface area contributed by atoms with E-state index in [2.05, 4.69) is 0 Å². The predicted molar refractivity (Wildman–Crippen MR) is 72.5 cm³/mol. The van der Waals surface area contributed by atoms with Gasteiger partial charge in [0.2, 0.25) is 0 Å². The SMILES string of the molecule is CCOC(=O)C[C@@H](N)c1ccc(OC(C)=O)c(OC)c1. The second kappa shape index (κ2) is 7.49. The summed E-state index contributed by atoms with van der Waals surface area (Å²) >= 11 is 0. The van der Waals surface area contributed by atoms with Gasteiger partial charge in [-0.25, -0.2) is 0 Å². The Hall–Kier alpha value is -2.08. The van der Waals surface area contributed by atoms with Crippen molar-refractivity contribution in [2.75, 3.05) is 13.7 Å². The highest BCUT2D eigenvalue weighted by molar-refractivity contribution is 5.71. The summed E-state index contributed by atoms with van der Waals surface area (Å²) in [6, 6.07) is 4.40. The standard InChI is InChI=1S/C14H19NO5/c1-4-19-14(17)8-11(15)10-5-6-12(20-9(2)16)13(7-10)18-3/h5-7,11H,4,8,15H2,1-3H3/t11-/m1/s1. The molecule has 0 aliphatic carbocycles. The fourth-order valence-electron chi connectivity index (χ4n) is 1.67. The van der Waals surface area contributed by atoms with E-state index in [1.807, 2.05) is 0 Å². The summed E-state index contributed by atoms with van der Waals surface area (Å²) in [5.74, 6) is -0.0982. The number of hydrogen-bond donors (Lipinski definition) is 1. The number of nitrogens with two attached hydrogens (primary N) is 1. The minimum atomic E-state index is -0.505. The summed E-state index contributed by atoms with van der Waals surface area (Å²) < 4.78 is 15.0. The van der Waals surface area contributed by atoms with Gasteiger partial charge in [0, 0.05) is 13.0 Å². The van der Waals surface area contributed by atoms with E-state index >= 15 is 0 Å². The van der Waals surface area contributed by atoms with Crippen LogP contribution in [0.1, 0.15) is 31.9 Å². The quantitative estimate of drug-likeness (QED) is 0.629. The molecule has 0 radical (unpaired) electrons. The number of hydrogen-bond acceptors (Lipinski definition) is 6. The van der Waals surface area contributed by atoms with E-state index in [0.29, 0.717) is 23.7 Å². The molecule has 1 rings (SSSR count). The molecule has 1 aromatic carbocycles. The van der Waals surface area contributed by atoms with Crippen LogP contribution in [0.3, 0.4) is 0 Å². The van der Waals surface area contributed by atoms with Gasteiger partial charge in [-0.3, -0.25) is 9.59 Å². The molecule has 0 aliphatic rings. The Morgan fingerprint density at radius 2 is 2.00 bits per heavy atom. The van der Waals surface area contributed by atoms with Crippen LogP contribution >= 0.6 is 0 Å². The fourth-order valence-corrected chi connectivity index (χ4v) is 1.67. The predicted octanol–water partition coefficient (Wildman–Crippen LogP) is 1.57. The lowest BCUT2D eigenvalue weighted by molar-refractivity contribution is -0.143. The van der Waals surface area contributed by atoms with Crippen LogP contribution in [0.2, 0.25) is 0 Å². The normalized spacial score (nSPS) is 11.6. The highest BCUT2D eigenvalue weighted by Gasteiger charge is 2.15. The largest absolute Gasteiger partial charge is 0.493 e. The van der Waals surface area contributed by atoms with Crippen molar-refractivity contribution in [1.82, 2.24) is 0 Å². The van der Waals surface area contributed by atoms with E-state index in [4.69, 9.17) is 19.9 Å². The van der Waals surface area contributed by atoms with Crippen LogP contribution in [0.5, 0.6) is 11.5 Å². The van der Waals surface area contributed by atoms with E-state index in [1.54, 1.807) is 25.1 Å². The average Bonchev–Trinajstić information content (AvgIpc) is 2.38. The molecule has 0 aromatic heterocycles. The monoisotopic (exact) mass is 281 g/mol. The number of benzene rings is 1. The van der Waals surface area contributed by atoms with Crippen molar-refractivity contribution in [3.05, 3.63) is 23.8 Å². The molecule has 0 spiro atoms. The van der Waals surface area contributed by atoms with Gasteiger partial charge in [-0.1, -0.05) is 6.07 Å². The van der Waals surface area contributed by atoms with Gasteiger partial charge < -0.3 is 19.9 Å². The van der Waals surface area contributed by atoms with Crippen molar-refractivity contribution in [3.63, 3.8) is 0 Å². The smallest absolute Gasteiger partial charge is 0.308 e. The third-order valence-corrected chi connectivity index (χ3v) is 2.56. The first-order valence-electron chi connectivity index (χ1n) is 6.25. The van der Waals surface area contributed by atoms with Gasteiger partial charge in [0.15, 0.2) is 11.5 Å². The third kappa shape index (κ3) is 4.55. The lowest BCUT2D eigenvalue weighted by Crippen LogP contribution is -2.17. The Bertz CT molecular complexity index is 486. The summed E-state index contributed by atoms with van der Waals surface area (Å²) in [7, 11) is 1.46. The van der Waals surface area contributed by atoms with Crippen LogP contribution in [0.25, 0.3) is 0 Å². The molecule has 0 unspecified atom stereocenters. The zero-order valence-corrected chi connectivity index (χ0v) is 11.8. The molecule has 0 saturated carbocycles. The zero-order valence-electron chi connectivity index (χ0n) is 11.8. The fraction of sp³-hybridized carbons (Fsp3) is 0.429. The molecular formula is C14H19NO5. The molecule has 6 nitrogen and oxygen atoms in total. The van der Waals surface area contributed by atoms with Gasteiger partial charge >= 0.3 is 11.9 Å². The molecule has 1 aromatic rings. The second-order valence-corrected chi connectivity index (χ2v) is 4.12. The van der Waals surface area contributed by atoms with Crippen molar-refractivity contribution in [2.45, 2.75) is 26.3 Å². The molecule has 0 aliphatic heterocycles. The van der Waals surface area contributed by atoms with Crippen LogP contribution in [0.15, 0.2) is 18.2 Å². The topological polar surface area (TPSA) is 87.9 Å². The molecule has 0 heterocycles. The Labute approximate surface area is 117 Å². The lowest BCUT2D eigenvalue weighted by atomic mass is 10.0. The van der Waals surface area contributed by atoms with Gasteiger partial charge in [0.1, 0.15) is 0 Å². The average molecular weight is 281 g/mol. The van der Waals surface area contributed by atoms with Crippen molar-refractivity contribution in [1.29, 1.82) is 0 Å². The van der Waals surface area contributed by atoms with Crippen LogP contribution in [-0.4, -0.2) is 25.7 Å². The van der Waals surface area contributed by atoms with Crippen LogP contribution < -0.4 is 15.2 Å². The van der Waals surface area contributed by atoms with E-state index in [1.165, 1.54) is 14.0 Å². The Morgan fingerprint density at radius 1 is 1.30 bits per heavy atom. The Kier molecular flexibility index (Phi) is 5.99. The molecule has 0 saturated heterocycles. The van der Waals surface area contributed by atoms with Crippen LogP contribution in [0, 0.1) is 0 Å². The van der Waals surface area contributed by atoms with E-state index in [-0.39, 0.29) is 12.4 Å². The third-order valence-electron chi connectivity index (χ3n) is 2.56. The molecule has 1 atom stereocenters. The summed E-state index contributed by atoms with van der Waals surface area (Å²) in [6.07, 6.45) is 0.0733. The van der Waals surface area contributed by atoms with E-state index < -0.39 is 12.0 Å². The maximum absolute atomic E-state index is 11.4. The number of ether oxygens (including phenoxy) is 3. The maximum Gasteiger partial charge on any atom is 0.308 e. The summed E-state index contributed by atoms with van der Waals surface area (Å²) in [5.41, 5.74) is 6.64. The minimum Gasteiger partial charge on any atom is -0.493 e. The Morgan fingerprint density at radius 3 is 2.55 bits per heavy atom. The van der Waals surface area contributed by atoms with Crippen molar-refractivity contribution in [3.8, 4) is 11.5 Å². The highest BCUT2D eigenvalue weighted by atomic mass is 16.6. The van der Waals surface area contributed by atoms with Gasteiger partial charge in [0.25, 0.3) is 0 Å². The molecular weight excluding hydrogens is 262 g/mol. The number of rotatable bonds is 6. The van der Waals surface area contributed by atoms with Gasteiger partial charge in [-0.05, 0) is 24.6 Å². The molecule has 2 N–H and O–H groups in total. The van der Waals surface area contributed by atoms with E-state index in [0.717, 1.165) is 0 Å². The summed E-state index contributed by atoms with van der Waals surface area (Å²) in [5, 5.41) is 0.